The van der Waals surface area contributed by atoms with Gasteiger partial charge in [0.2, 0.25) is 11.1 Å². The highest BCUT2D eigenvalue weighted by Gasteiger charge is 2.19. The highest BCUT2D eigenvalue weighted by molar-refractivity contribution is 8.00. The van der Waals surface area contributed by atoms with Crippen LogP contribution in [0.5, 0.6) is 0 Å². The summed E-state index contributed by atoms with van der Waals surface area (Å²) in [5.74, 6) is -0.0912. The molecule has 1 atom stereocenters. The molecule has 0 aliphatic heterocycles. The third kappa shape index (κ3) is 3.80. The third-order valence-electron chi connectivity index (χ3n) is 3.41. The van der Waals surface area contributed by atoms with Gasteiger partial charge in [0.1, 0.15) is 0 Å². The van der Waals surface area contributed by atoms with Gasteiger partial charge in [-0.25, -0.2) is 0 Å². The number of amides is 1. The predicted octanol–water partition coefficient (Wildman–Crippen LogP) is 3.09. The van der Waals surface area contributed by atoms with E-state index in [-0.39, 0.29) is 11.2 Å². The Hall–Kier alpha value is -2.67. The summed E-state index contributed by atoms with van der Waals surface area (Å²) in [4.78, 5) is 12.4. The van der Waals surface area contributed by atoms with E-state index >= 15 is 0 Å². The summed E-state index contributed by atoms with van der Waals surface area (Å²) in [5, 5.41) is 14.9. The van der Waals surface area contributed by atoms with Gasteiger partial charge in [0.25, 0.3) is 0 Å². The van der Waals surface area contributed by atoms with E-state index in [4.69, 9.17) is 0 Å². The van der Waals surface area contributed by atoms with Crippen molar-refractivity contribution in [2.75, 3.05) is 5.32 Å². The maximum atomic E-state index is 12.4. The Morgan fingerprint density at radius 3 is 2.54 bits per heavy atom. The van der Waals surface area contributed by atoms with Gasteiger partial charge in [0.15, 0.2) is 0 Å². The number of nitrogens with one attached hydrogen (secondary N) is 1. The van der Waals surface area contributed by atoms with E-state index in [0.29, 0.717) is 5.16 Å². The van der Waals surface area contributed by atoms with Crippen LogP contribution in [0.4, 0.5) is 5.69 Å². The number of rotatable bonds is 5. The summed E-state index contributed by atoms with van der Waals surface area (Å²) >= 11 is 1.32. The maximum Gasteiger partial charge on any atom is 0.237 e. The number of tetrazole rings is 1. The van der Waals surface area contributed by atoms with Gasteiger partial charge in [0, 0.05) is 5.69 Å². The average Bonchev–Trinajstić information content (AvgIpc) is 3.05. The zero-order valence-corrected chi connectivity index (χ0v) is 14.2. The van der Waals surface area contributed by atoms with Crippen LogP contribution >= 0.6 is 11.8 Å². The van der Waals surface area contributed by atoms with Gasteiger partial charge in [0.05, 0.1) is 10.9 Å². The molecular weight excluding hydrogens is 322 g/mol. The lowest BCUT2D eigenvalue weighted by molar-refractivity contribution is -0.115. The molecule has 0 fully saturated rings. The fourth-order valence-corrected chi connectivity index (χ4v) is 2.88. The van der Waals surface area contributed by atoms with Crippen LogP contribution in [-0.2, 0) is 4.79 Å². The van der Waals surface area contributed by atoms with Crippen molar-refractivity contribution in [3.63, 3.8) is 0 Å². The largest absolute Gasteiger partial charge is 0.325 e. The molecule has 3 aromatic rings. The highest BCUT2D eigenvalue weighted by atomic mass is 32.2. The molecule has 1 N–H and O–H groups in total. The van der Waals surface area contributed by atoms with Crippen molar-refractivity contribution in [3.8, 4) is 5.69 Å². The van der Waals surface area contributed by atoms with Crippen LogP contribution in [0.25, 0.3) is 5.69 Å². The summed E-state index contributed by atoms with van der Waals surface area (Å²) in [5.41, 5.74) is 2.79. The SMILES string of the molecule is Cc1ccc(NC(=O)C(C)Sc2nnnn2-c2ccccc2)cc1. The molecular formula is C17H17N5OS. The Morgan fingerprint density at radius 1 is 1.12 bits per heavy atom. The van der Waals surface area contributed by atoms with Crippen LogP contribution in [0, 0.1) is 6.92 Å². The van der Waals surface area contributed by atoms with Gasteiger partial charge in [-0.05, 0) is 48.5 Å². The molecule has 3 rings (SSSR count). The Balaban J connectivity index is 1.69. The molecule has 6 nitrogen and oxygen atoms in total. The minimum absolute atomic E-state index is 0.0912. The summed E-state index contributed by atoms with van der Waals surface area (Å²) in [6, 6.07) is 17.3. The van der Waals surface area contributed by atoms with Crippen molar-refractivity contribution in [2.45, 2.75) is 24.3 Å². The van der Waals surface area contributed by atoms with Crippen molar-refractivity contribution < 1.29 is 4.79 Å². The van der Waals surface area contributed by atoms with Crippen LogP contribution < -0.4 is 5.32 Å². The Kier molecular flexibility index (Phi) is 4.90. The first-order chi connectivity index (χ1) is 11.6. The Labute approximate surface area is 144 Å². The number of carbonyl (C=O) groups is 1. The molecule has 1 heterocycles. The lowest BCUT2D eigenvalue weighted by Gasteiger charge is -2.12. The number of hydrogen-bond acceptors (Lipinski definition) is 5. The minimum Gasteiger partial charge on any atom is -0.325 e. The second-order valence-electron chi connectivity index (χ2n) is 5.32. The van der Waals surface area contributed by atoms with Crippen LogP contribution in [-0.4, -0.2) is 31.4 Å². The first-order valence-corrected chi connectivity index (χ1v) is 8.39. The minimum atomic E-state index is -0.334. The van der Waals surface area contributed by atoms with Gasteiger partial charge < -0.3 is 5.32 Å². The van der Waals surface area contributed by atoms with E-state index in [1.54, 1.807) is 4.68 Å². The number of para-hydroxylation sites is 1. The Bertz CT molecular complexity index is 817. The monoisotopic (exact) mass is 339 g/mol. The molecule has 0 spiro atoms. The maximum absolute atomic E-state index is 12.4. The molecule has 0 bridgehead atoms. The molecule has 1 aromatic heterocycles. The summed E-state index contributed by atoms with van der Waals surface area (Å²) < 4.78 is 1.63. The quantitative estimate of drug-likeness (QED) is 0.723. The van der Waals surface area contributed by atoms with Gasteiger partial charge in [-0.1, -0.05) is 47.7 Å². The molecule has 1 unspecified atom stereocenters. The van der Waals surface area contributed by atoms with Gasteiger partial charge in [-0.3, -0.25) is 4.79 Å². The van der Waals surface area contributed by atoms with E-state index in [9.17, 15) is 4.79 Å². The van der Waals surface area contributed by atoms with Crippen LogP contribution in [0.15, 0.2) is 59.8 Å². The zero-order valence-electron chi connectivity index (χ0n) is 13.4. The average molecular weight is 339 g/mol. The number of hydrogen-bond donors (Lipinski definition) is 1. The number of carbonyl (C=O) groups excluding carboxylic acids is 1. The highest BCUT2D eigenvalue weighted by Crippen LogP contribution is 2.23. The van der Waals surface area contributed by atoms with Crippen molar-refractivity contribution >= 4 is 23.4 Å². The van der Waals surface area contributed by atoms with Gasteiger partial charge in [-0.2, -0.15) is 4.68 Å². The smallest absolute Gasteiger partial charge is 0.237 e. The molecule has 0 saturated heterocycles. The van der Waals surface area contributed by atoms with E-state index in [1.165, 1.54) is 11.8 Å². The molecule has 0 aliphatic carbocycles. The fraction of sp³-hybridized carbons (Fsp3) is 0.176. The Morgan fingerprint density at radius 2 is 1.83 bits per heavy atom. The van der Waals surface area contributed by atoms with Crippen LogP contribution in [0.3, 0.4) is 0 Å². The van der Waals surface area contributed by atoms with Crippen molar-refractivity contribution in [3.05, 3.63) is 60.2 Å². The second kappa shape index (κ2) is 7.27. The van der Waals surface area contributed by atoms with Crippen LogP contribution in [0.2, 0.25) is 0 Å². The normalized spacial score (nSPS) is 11.9. The summed E-state index contributed by atoms with van der Waals surface area (Å²) in [6.07, 6.45) is 0. The molecule has 2 aromatic carbocycles. The van der Waals surface area contributed by atoms with Crippen LogP contribution in [0.1, 0.15) is 12.5 Å². The van der Waals surface area contributed by atoms with Crippen molar-refractivity contribution in [1.82, 2.24) is 20.2 Å². The standard InChI is InChI=1S/C17H17N5OS/c1-12-8-10-14(11-9-12)18-16(23)13(2)24-17-19-20-21-22(17)15-6-4-3-5-7-15/h3-11,13H,1-2H3,(H,18,23). The molecule has 24 heavy (non-hydrogen) atoms. The van der Waals surface area contributed by atoms with Gasteiger partial charge in [-0.15, -0.1) is 5.10 Å². The summed E-state index contributed by atoms with van der Waals surface area (Å²) in [7, 11) is 0. The number of aromatic nitrogens is 4. The molecule has 122 valence electrons. The van der Waals surface area contributed by atoms with E-state index < -0.39 is 0 Å². The van der Waals surface area contributed by atoms with Gasteiger partial charge >= 0.3 is 0 Å². The van der Waals surface area contributed by atoms with E-state index in [0.717, 1.165) is 16.9 Å². The molecule has 1 amide bonds. The van der Waals surface area contributed by atoms with E-state index in [1.807, 2.05) is 68.4 Å². The molecule has 0 aliphatic rings. The van der Waals surface area contributed by atoms with Crippen molar-refractivity contribution in [2.24, 2.45) is 0 Å². The molecule has 7 heteroatoms. The summed E-state index contributed by atoms with van der Waals surface area (Å²) in [6.45, 7) is 3.84. The lowest BCUT2D eigenvalue weighted by Crippen LogP contribution is -2.22. The van der Waals surface area contributed by atoms with E-state index in [2.05, 4.69) is 20.8 Å². The number of thioether (sulfide) groups is 1. The predicted molar refractivity (Wildman–Crippen MR) is 94.3 cm³/mol. The number of benzene rings is 2. The number of nitrogens with zero attached hydrogens (tertiary/aromatic N) is 4. The fourth-order valence-electron chi connectivity index (χ4n) is 2.08. The molecule has 0 saturated carbocycles. The number of aryl methyl sites for hydroxylation is 1. The third-order valence-corrected chi connectivity index (χ3v) is 4.45. The topological polar surface area (TPSA) is 72.7 Å². The zero-order chi connectivity index (χ0) is 16.9. The second-order valence-corrected chi connectivity index (χ2v) is 6.63. The lowest BCUT2D eigenvalue weighted by atomic mass is 10.2. The first-order valence-electron chi connectivity index (χ1n) is 7.51. The number of anilines is 1. The first kappa shape index (κ1) is 16.2. The van der Waals surface area contributed by atoms with Crippen molar-refractivity contribution in [1.29, 1.82) is 0 Å². The molecule has 0 radical (unpaired) electrons.